The molecule has 0 amide bonds. The molecule has 5 nitrogen and oxygen atoms in total. The summed E-state index contributed by atoms with van der Waals surface area (Å²) in [6.07, 6.45) is 1.10. The van der Waals surface area contributed by atoms with Gasteiger partial charge in [-0.3, -0.25) is 4.68 Å². The molecule has 1 rings (SSSR count). The SMILES string of the molecule is Cc1nn(C)c(N(C)CCCN(C)C)c1CO. The second kappa shape index (κ2) is 6.02. The number of hydrogen-bond donors (Lipinski definition) is 1. The van der Waals surface area contributed by atoms with Crippen molar-refractivity contribution in [3.8, 4) is 0 Å². The van der Waals surface area contributed by atoms with Gasteiger partial charge in [-0.1, -0.05) is 0 Å². The highest BCUT2D eigenvalue weighted by atomic mass is 16.3. The molecule has 5 heteroatoms. The van der Waals surface area contributed by atoms with Gasteiger partial charge in [-0.25, -0.2) is 0 Å². The van der Waals surface area contributed by atoms with Crippen LogP contribution in [0.5, 0.6) is 0 Å². The molecule has 98 valence electrons. The van der Waals surface area contributed by atoms with Crippen molar-refractivity contribution in [3.05, 3.63) is 11.3 Å². The predicted molar refractivity (Wildman–Crippen MR) is 70.3 cm³/mol. The Balaban J connectivity index is 2.71. The van der Waals surface area contributed by atoms with Gasteiger partial charge in [0.15, 0.2) is 0 Å². The number of anilines is 1. The molecule has 1 heterocycles. The first-order valence-electron chi connectivity index (χ1n) is 5.96. The minimum atomic E-state index is 0.0486. The van der Waals surface area contributed by atoms with E-state index in [-0.39, 0.29) is 6.61 Å². The van der Waals surface area contributed by atoms with E-state index in [1.165, 1.54) is 0 Å². The maximum absolute atomic E-state index is 9.39. The number of rotatable bonds is 6. The molecule has 0 spiro atoms. The molecule has 0 saturated carbocycles. The molecule has 0 saturated heterocycles. The van der Waals surface area contributed by atoms with Gasteiger partial charge in [-0.15, -0.1) is 0 Å². The second-order valence-electron chi connectivity index (χ2n) is 4.75. The highest BCUT2D eigenvalue weighted by Gasteiger charge is 2.15. The van der Waals surface area contributed by atoms with Crippen molar-refractivity contribution < 1.29 is 5.11 Å². The Morgan fingerprint density at radius 1 is 1.24 bits per heavy atom. The van der Waals surface area contributed by atoms with Gasteiger partial charge in [0.1, 0.15) is 5.82 Å². The smallest absolute Gasteiger partial charge is 0.132 e. The number of aryl methyl sites for hydroxylation is 2. The molecule has 0 aliphatic heterocycles. The Morgan fingerprint density at radius 3 is 2.41 bits per heavy atom. The molecule has 1 aromatic rings. The molecule has 0 aliphatic rings. The molecule has 17 heavy (non-hydrogen) atoms. The summed E-state index contributed by atoms with van der Waals surface area (Å²) in [4.78, 5) is 4.34. The average Bonchev–Trinajstić information content (AvgIpc) is 2.52. The summed E-state index contributed by atoms with van der Waals surface area (Å²) < 4.78 is 1.84. The third-order valence-corrected chi connectivity index (χ3v) is 2.93. The van der Waals surface area contributed by atoms with Crippen molar-refractivity contribution >= 4 is 5.82 Å². The van der Waals surface area contributed by atoms with Crippen LogP contribution in [0.15, 0.2) is 0 Å². The van der Waals surface area contributed by atoms with E-state index < -0.39 is 0 Å². The molecule has 0 bridgehead atoms. The summed E-state index contributed by atoms with van der Waals surface area (Å²) in [5.74, 6) is 1.02. The van der Waals surface area contributed by atoms with Crippen molar-refractivity contribution in [1.29, 1.82) is 0 Å². The van der Waals surface area contributed by atoms with Crippen LogP contribution in [0.25, 0.3) is 0 Å². The van der Waals surface area contributed by atoms with E-state index in [4.69, 9.17) is 0 Å². The Morgan fingerprint density at radius 2 is 1.88 bits per heavy atom. The van der Waals surface area contributed by atoms with Crippen LogP contribution < -0.4 is 4.90 Å². The van der Waals surface area contributed by atoms with Crippen molar-refractivity contribution in [3.63, 3.8) is 0 Å². The van der Waals surface area contributed by atoms with Gasteiger partial charge in [0.2, 0.25) is 0 Å². The Kier molecular flexibility index (Phi) is 4.96. The summed E-state index contributed by atoms with van der Waals surface area (Å²) in [6.45, 7) is 4.01. The number of aliphatic hydroxyl groups is 1. The van der Waals surface area contributed by atoms with Crippen molar-refractivity contribution in [2.24, 2.45) is 7.05 Å². The highest BCUT2D eigenvalue weighted by molar-refractivity contribution is 5.49. The van der Waals surface area contributed by atoms with Crippen LogP contribution in [0.2, 0.25) is 0 Å². The van der Waals surface area contributed by atoms with Gasteiger partial charge in [0.05, 0.1) is 12.3 Å². The fourth-order valence-corrected chi connectivity index (χ4v) is 2.08. The first kappa shape index (κ1) is 14.0. The lowest BCUT2D eigenvalue weighted by atomic mass is 10.2. The Labute approximate surface area is 104 Å². The van der Waals surface area contributed by atoms with E-state index in [0.29, 0.717) is 0 Å². The van der Waals surface area contributed by atoms with Crippen LogP contribution >= 0.6 is 0 Å². The van der Waals surface area contributed by atoms with E-state index in [1.54, 1.807) is 0 Å². The van der Waals surface area contributed by atoms with Crippen LogP contribution in [0.4, 0.5) is 5.82 Å². The minimum absolute atomic E-state index is 0.0486. The Bertz CT molecular complexity index is 360. The van der Waals surface area contributed by atoms with E-state index in [2.05, 4.69) is 29.0 Å². The molecule has 0 aromatic carbocycles. The van der Waals surface area contributed by atoms with Gasteiger partial charge >= 0.3 is 0 Å². The molecule has 0 atom stereocenters. The minimum Gasteiger partial charge on any atom is -0.391 e. The molecule has 1 N–H and O–H groups in total. The van der Waals surface area contributed by atoms with Crippen LogP contribution in [-0.4, -0.2) is 54.0 Å². The van der Waals surface area contributed by atoms with E-state index >= 15 is 0 Å². The zero-order valence-corrected chi connectivity index (χ0v) is 11.6. The molecule has 1 aromatic heterocycles. The van der Waals surface area contributed by atoms with Gasteiger partial charge in [0, 0.05) is 26.2 Å². The first-order valence-corrected chi connectivity index (χ1v) is 5.96. The monoisotopic (exact) mass is 240 g/mol. The van der Waals surface area contributed by atoms with Crippen LogP contribution in [0.3, 0.4) is 0 Å². The fraction of sp³-hybridized carbons (Fsp3) is 0.750. The first-order chi connectivity index (χ1) is 7.97. The van der Waals surface area contributed by atoms with Gasteiger partial charge < -0.3 is 14.9 Å². The van der Waals surface area contributed by atoms with Crippen LogP contribution in [0.1, 0.15) is 17.7 Å². The van der Waals surface area contributed by atoms with E-state index in [1.807, 2.05) is 25.7 Å². The fourth-order valence-electron chi connectivity index (χ4n) is 2.08. The third-order valence-electron chi connectivity index (χ3n) is 2.93. The van der Waals surface area contributed by atoms with Crippen molar-refractivity contribution in [2.75, 3.05) is 39.1 Å². The van der Waals surface area contributed by atoms with Crippen LogP contribution in [0, 0.1) is 6.92 Å². The standard InChI is InChI=1S/C12H24N4O/c1-10-11(9-17)12(16(5)13-10)15(4)8-6-7-14(2)3/h17H,6-9H2,1-5H3. The largest absolute Gasteiger partial charge is 0.391 e. The number of nitrogens with zero attached hydrogens (tertiary/aromatic N) is 4. The molecular weight excluding hydrogens is 216 g/mol. The summed E-state index contributed by atoms with van der Waals surface area (Å²) >= 11 is 0. The molecule has 0 fully saturated rings. The van der Waals surface area contributed by atoms with Crippen molar-refractivity contribution in [1.82, 2.24) is 14.7 Å². The zero-order chi connectivity index (χ0) is 13.0. The summed E-state index contributed by atoms with van der Waals surface area (Å²) in [5, 5.41) is 13.7. The molecule has 0 radical (unpaired) electrons. The predicted octanol–water partition coefficient (Wildman–Crippen LogP) is 0.609. The summed E-state index contributed by atoms with van der Waals surface area (Å²) in [6, 6.07) is 0. The maximum Gasteiger partial charge on any atom is 0.132 e. The van der Waals surface area contributed by atoms with Gasteiger partial charge in [-0.2, -0.15) is 5.10 Å². The van der Waals surface area contributed by atoms with Gasteiger partial charge in [0.25, 0.3) is 0 Å². The lowest BCUT2D eigenvalue weighted by Gasteiger charge is -2.21. The molecule has 0 aliphatic carbocycles. The summed E-state index contributed by atoms with van der Waals surface area (Å²) in [5.41, 5.74) is 1.84. The number of aromatic nitrogens is 2. The number of aliphatic hydroxyl groups excluding tert-OH is 1. The quantitative estimate of drug-likeness (QED) is 0.791. The van der Waals surface area contributed by atoms with E-state index in [9.17, 15) is 5.11 Å². The van der Waals surface area contributed by atoms with Gasteiger partial charge in [-0.05, 0) is 34.0 Å². The maximum atomic E-state index is 9.39. The molecular formula is C12H24N4O. The lowest BCUT2D eigenvalue weighted by molar-refractivity contribution is 0.281. The van der Waals surface area contributed by atoms with Crippen LogP contribution in [-0.2, 0) is 13.7 Å². The van der Waals surface area contributed by atoms with E-state index in [0.717, 1.165) is 36.6 Å². The molecule has 0 unspecified atom stereocenters. The summed E-state index contributed by atoms with van der Waals surface area (Å²) in [7, 11) is 8.12. The highest BCUT2D eigenvalue weighted by Crippen LogP contribution is 2.22. The normalized spacial score (nSPS) is 11.2. The zero-order valence-electron chi connectivity index (χ0n) is 11.6. The lowest BCUT2D eigenvalue weighted by Crippen LogP contribution is -2.25. The third kappa shape index (κ3) is 3.44. The number of hydrogen-bond acceptors (Lipinski definition) is 4. The average molecular weight is 240 g/mol. The Hall–Kier alpha value is -1.07. The topological polar surface area (TPSA) is 44.5 Å². The second-order valence-corrected chi connectivity index (χ2v) is 4.75. The van der Waals surface area contributed by atoms with Crippen molar-refractivity contribution in [2.45, 2.75) is 20.0 Å².